The largest absolute Gasteiger partial charge is 0.358 e. The lowest BCUT2D eigenvalue weighted by molar-refractivity contribution is 0.298. The summed E-state index contributed by atoms with van der Waals surface area (Å²) in [6.45, 7) is 4.97. The number of halogens is 2. The third-order valence-corrected chi connectivity index (χ3v) is 7.34. The van der Waals surface area contributed by atoms with Crippen LogP contribution < -0.4 is 4.72 Å². The highest BCUT2D eigenvalue weighted by atomic mass is 35.5. The van der Waals surface area contributed by atoms with Crippen LogP contribution in [0.15, 0.2) is 53.4 Å². The fourth-order valence-corrected chi connectivity index (χ4v) is 5.31. The molecule has 0 radical (unpaired) electrons. The SMILES string of the molecule is Cc1[nH]c2ccc(Cl)cc2c1C1=CCN(CCCNS(=O)(=O)c2ccc(F)cc2)CC1. The van der Waals surface area contributed by atoms with E-state index in [2.05, 4.69) is 27.6 Å². The quantitative estimate of drug-likeness (QED) is 0.500. The zero-order chi connectivity index (χ0) is 22.0. The molecular formula is C23H25ClFN3O2S. The summed E-state index contributed by atoms with van der Waals surface area (Å²) >= 11 is 6.20. The Morgan fingerprint density at radius 2 is 1.97 bits per heavy atom. The van der Waals surface area contributed by atoms with Crippen LogP contribution in [0.5, 0.6) is 0 Å². The number of sulfonamides is 1. The normalized spacial score (nSPS) is 15.4. The van der Waals surface area contributed by atoms with Crippen molar-refractivity contribution in [3.05, 3.63) is 70.6 Å². The van der Waals surface area contributed by atoms with E-state index < -0.39 is 15.8 Å². The van der Waals surface area contributed by atoms with Gasteiger partial charge in [0.1, 0.15) is 5.82 Å². The molecule has 1 aliphatic heterocycles. The Morgan fingerprint density at radius 1 is 1.19 bits per heavy atom. The summed E-state index contributed by atoms with van der Waals surface area (Å²) in [7, 11) is -3.61. The van der Waals surface area contributed by atoms with Crippen molar-refractivity contribution in [3.8, 4) is 0 Å². The number of hydrogen-bond acceptors (Lipinski definition) is 3. The molecule has 0 saturated heterocycles. The van der Waals surface area contributed by atoms with Crippen LogP contribution in [0.2, 0.25) is 5.02 Å². The highest BCUT2D eigenvalue weighted by Crippen LogP contribution is 2.33. The number of hydrogen-bond donors (Lipinski definition) is 2. The van der Waals surface area contributed by atoms with Gasteiger partial charge in [0, 0.05) is 46.8 Å². The topological polar surface area (TPSA) is 65.2 Å². The van der Waals surface area contributed by atoms with E-state index in [0.29, 0.717) is 13.0 Å². The second kappa shape index (κ2) is 9.12. The molecule has 0 unspecified atom stereocenters. The van der Waals surface area contributed by atoms with Gasteiger partial charge in [-0.15, -0.1) is 0 Å². The fraction of sp³-hybridized carbons (Fsp3) is 0.304. The molecule has 0 atom stereocenters. The van der Waals surface area contributed by atoms with Gasteiger partial charge < -0.3 is 4.98 Å². The second-order valence-corrected chi connectivity index (χ2v) is 10.0. The number of aromatic amines is 1. The van der Waals surface area contributed by atoms with Crippen molar-refractivity contribution >= 4 is 38.1 Å². The van der Waals surface area contributed by atoms with Gasteiger partial charge in [0.25, 0.3) is 0 Å². The van der Waals surface area contributed by atoms with Crippen molar-refractivity contribution in [2.24, 2.45) is 0 Å². The maximum atomic E-state index is 13.0. The Balaban J connectivity index is 1.32. The Bertz CT molecular complexity index is 1220. The van der Waals surface area contributed by atoms with Crippen LogP contribution in [-0.4, -0.2) is 44.5 Å². The number of nitrogens with zero attached hydrogens (tertiary/aromatic N) is 1. The molecule has 4 rings (SSSR count). The average Bonchev–Trinajstić information content (AvgIpc) is 3.07. The maximum absolute atomic E-state index is 13.0. The van der Waals surface area contributed by atoms with Gasteiger partial charge in [0.2, 0.25) is 10.0 Å². The van der Waals surface area contributed by atoms with Crippen molar-refractivity contribution in [3.63, 3.8) is 0 Å². The van der Waals surface area contributed by atoms with Gasteiger partial charge in [-0.1, -0.05) is 17.7 Å². The third kappa shape index (κ3) is 5.01. The summed E-state index contributed by atoms with van der Waals surface area (Å²) in [6, 6.07) is 10.8. The summed E-state index contributed by atoms with van der Waals surface area (Å²) in [4.78, 5) is 5.83. The van der Waals surface area contributed by atoms with Gasteiger partial charge in [-0.3, -0.25) is 4.90 Å². The molecule has 0 fully saturated rings. The lowest BCUT2D eigenvalue weighted by Crippen LogP contribution is -2.32. The summed E-state index contributed by atoms with van der Waals surface area (Å²) in [5, 5.41) is 1.88. The van der Waals surface area contributed by atoms with Crippen molar-refractivity contribution in [1.29, 1.82) is 0 Å². The van der Waals surface area contributed by atoms with Gasteiger partial charge in [-0.2, -0.15) is 0 Å². The molecule has 31 heavy (non-hydrogen) atoms. The summed E-state index contributed by atoms with van der Waals surface area (Å²) in [5.41, 5.74) is 4.80. The first kappa shape index (κ1) is 22.0. The first-order valence-corrected chi connectivity index (χ1v) is 12.1. The zero-order valence-corrected chi connectivity index (χ0v) is 18.9. The van der Waals surface area contributed by atoms with Crippen molar-refractivity contribution < 1.29 is 12.8 Å². The molecule has 1 aliphatic rings. The van der Waals surface area contributed by atoms with Gasteiger partial charge in [0.05, 0.1) is 4.90 Å². The molecule has 0 aliphatic carbocycles. The van der Waals surface area contributed by atoms with Crippen LogP contribution in [0, 0.1) is 12.7 Å². The maximum Gasteiger partial charge on any atom is 0.240 e. The van der Waals surface area contributed by atoms with E-state index >= 15 is 0 Å². The highest BCUT2D eigenvalue weighted by Gasteiger charge is 2.18. The number of aryl methyl sites for hydroxylation is 1. The van der Waals surface area contributed by atoms with Gasteiger partial charge in [-0.25, -0.2) is 17.5 Å². The van der Waals surface area contributed by atoms with Crippen LogP contribution in [-0.2, 0) is 10.0 Å². The first-order valence-electron chi connectivity index (χ1n) is 10.3. The molecule has 0 spiro atoms. The first-order chi connectivity index (χ1) is 14.8. The van der Waals surface area contributed by atoms with E-state index in [1.165, 1.54) is 23.3 Å². The van der Waals surface area contributed by atoms with Gasteiger partial charge >= 0.3 is 0 Å². The van der Waals surface area contributed by atoms with Gasteiger partial charge in [-0.05, 0) is 74.3 Å². The molecule has 2 N–H and O–H groups in total. The van der Waals surface area contributed by atoms with Crippen LogP contribution in [0.3, 0.4) is 0 Å². The highest BCUT2D eigenvalue weighted by molar-refractivity contribution is 7.89. The molecule has 8 heteroatoms. The van der Waals surface area contributed by atoms with Gasteiger partial charge in [0.15, 0.2) is 0 Å². The number of fused-ring (bicyclic) bond motifs is 1. The van der Waals surface area contributed by atoms with Crippen molar-refractivity contribution in [1.82, 2.24) is 14.6 Å². The molecule has 0 bridgehead atoms. The number of benzene rings is 2. The molecule has 0 saturated carbocycles. The predicted octanol–water partition coefficient (Wildman–Crippen LogP) is 4.73. The van der Waals surface area contributed by atoms with E-state index in [-0.39, 0.29) is 4.90 Å². The summed E-state index contributed by atoms with van der Waals surface area (Å²) in [5.74, 6) is -0.456. The minimum absolute atomic E-state index is 0.0775. The number of nitrogens with one attached hydrogen (secondary N) is 2. The van der Waals surface area contributed by atoms with Crippen molar-refractivity contribution in [2.45, 2.75) is 24.7 Å². The van der Waals surface area contributed by atoms with E-state index in [9.17, 15) is 12.8 Å². The number of aromatic nitrogens is 1. The Kier molecular flexibility index (Phi) is 6.48. The molecule has 2 aromatic carbocycles. The van der Waals surface area contributed by atoms with Crippen LogP contribution in [0.25, 0.3) is 16.5 Å². The standard InChI is InChI=1S/C23H25ClFN3O2S/c1-16-23(21-15-18(24)3-8-22(21)27-16)17-9-13-28(14-10-17)12-2-11-26-31(29,30)20-6-4-19(25)5-7-20/h3-9,15,26-27H,2,10-14H2,1H3. The van der Waals surface area contributed by atoms with Crippen LogP contribution in [0.4, 0.5) is 4.39 Å². The molecule has 0 amide bonds. The minimum atomic E-state index is -3.61. The summed E-state index contributed by atoms with van der Waals surface area (Å²) < 4.78 is 40.1. The lowest BCUT2D eigenvalue weighted by atomic mass is 9.96. The fourth-order valence-electron chi connectivity index (χ4n) is 4.06. The van der Waals surface area contributed by atoms with Crippen molar-refractivity contribution in [2.75, 3.05) is 26.2 Å². The lowest BCUT2D eigenvalue weighted by Gasteiger charge is -2.26. The zero-order valence-electron chi connectivity index (χ0n) is 17.3. The van der Waals surface area contributed by atoms with E-state index in [1.54, 1.807) is 0 Å². The Hall–Kier alpha value is -2.19. The van der Waals surface area contributed by atoms with E-state index in [0.717, 1.165) is 59.8 Å². The summed E-state index contributed by atoms with van der Waals surface area (Å²) in [6.07, 6.45) is 3.88. The van der Waals surface area contributed by atoms with Crippen LogP contribution >= 0.6 is 11.6 Å². The molecule has 164 valence electrons. The van der Waals surface area contributed by atoms with E-state index in [4.69, 9.17) is 11.6 Å². The molecule has 2 heterocycles. The predicted molar refractivity (Wildman–Crippen MR) is 123 cm³/mol. The molecule has 3 aromatic rings. The van der Waals surface area contributed by atoms with Crippen LogP contribution in [0.1, 0.15) is 24.1 Å². The molecular weight excluding hydrogens is 437 g/mol. The minimum Gasteiger partial charge on any atom is -0.358 e. The Labute approximate surface area is 187 Å². The number of rotatable bonds is 7. The average molecular weight is 462 g/mol. The smallest absolute Gasteiger partial charge is 0.240 e. The Morgan fingerprint density at radius 3 is 2.68 bits per heavy atom. The second-order valence-electron chi connectivity index (χ2n) is 7.80. The molecule has 5 nitrogen and oxygen atoms in total. The monoisotopic (exact) mass is 461 g/mol. The molecule has 1 aromatic heterocycles. The van der Waals surface area contributed by atoms with E-state index in [1.807, 2.05) is 18.2 Å². The third-order valence-electron chi connectivity index (χ3n) is 5.63. The number of H-pyrrole nitrogens is 1.